The van der Waals surface area contributed by atoms with Crippen LogP contribution in [0.1, 0.15) is 5.82 Å². The normalized spacial score (nSPS) is 10.8. The Labute approximate surface area is 95.1 Å². The SMILES string of the molecule is O=C(O)Cc1nc(Cl)c2c(Cl)cccn12. The molecule has 15 heavy (non-hydrogen) atoms. The lowest BCUT2D eigenvalue weighted by molar-refractivity contribution is -0.136. The van der Waals surface area contributed by atoms with Gasteiger partial charge in [0, 0.05) is 6.20 Å². The van der Waals surface area contributed by atoms with Crippen LogP contribution in [0.25, 0.3) is 5.52 Å². The van der Waals surface area contributed by atoms with Gasteiger partial charge in [0.2, 0.25) is 0 Å². The average molecular weight is 245 g/mol. The summed E-state index contributed by atoms with van der Waals surface area (Å²) in [6.07, 6.45) is 1.49. The molecule has 0 aliphatic carbocycles. The van der Waals surface area contributed by atoms with Gasteiger partial charge >= 0.3 is 5.97 Å². The van der Waals surface area contributed by atoms with E-state index in [0.717, 1.165) is 0 Å². The molecule has 2 rings (SSSR count). The zero-order chi connectivity index (χ0) is 11.0. The maximum Gasteiger partial charge on any atom is 0.311 e. The summed E-state index contributed by atoms with van der Waals surface area (Å²) in [7, 11) is 0. The minimum atomic E-state index is -0.960. The van der Waals surface area contributed by atoms with Crippen molar-refractivity contribution < 1.29 is 9.90 Å². The van der Waals surface area contributed by atoms with Crippen LogP contribution in [0.15, 0.2) is 18.3 Å². The van der Waals surface area contributed by atoms with E-state index in [2.05, 4.69) is 4.98 Å². The second-order valence-electron chi connectivity index (χ2n) is 2.96. The summed E-state index contributed by atoms with van der Waals surface area (Å²) in [4.78, 5) is 14.5. The number of hydrogen-bond acceptors (Lipinski definition) is 2. The highest BCUT2D eigenvalue weighted by atomic mass is 35.5. The Balaban J connectivity index is 2.68. The molecule has 0 aliphatic rings. The Morgan fingerprint density at radius 2 is 2.27 bits per heavy atom. The van der Waals surface area contributed by atoms with Gasteiger partial charge < -0.3 is 9.51 Å². The monoisotopic (exact) mass is 244 g/mol. The second kappa shape index (κ2) is 3.72. The Morgan fingerprint density at radius 3 is 2.93 bits per heavy atom. The number of carbonyl (C=O) groups is 1. The first-order chi connectivity index (χ1) is 7.09. The van der Waals surface area contributed by atoms with Gasteiger partial charge in [-0.05, 0) is 12.1 Å². The van der Waals surface area contributed by atoms with Crippen LogP contribution in [0.4, 0.5) is 0 Å². The van der Waals surface area contributed by atoms with Gasteiger partial charge in [0.15, 0.2) is 5.15 Å². The van der Waals surface area contributed by atoms with Crippen molar-refractivity contribution in [1.29, 1.82) is 0 Å². The molecule has 4 nitrogen and oxygen atoms in total. The number of aliphatic carboxylic acids is 1. The largest absolute Gasteiger partial charge is 0.481 e. The van der Waals surface area contributed by atoms with Gasteiger partial charge in [-0.25, -0.2) is 4.98 Å². The van der Waals surface area contributed by atoms with Crippen LogP contribution >= 0.6 is 23.2 Å². The standard InChI is InChI=1S/C9H6Cl2N2O2/c10-5-2-1-3-13-6(4-7(14)15)12-9(11)8(5)13/h1-3H,4H2,(H,14,15). The number of imidazole rings is 1. The summed E-state index contributed by atoms with van der Waals surface area (Å²) in [6.45, 7) is 0. The highest BCUT2D eigenvalue weighted by Crippen LogP contribution is 2.25. The fourth-order valence-corrected chi connectivity index (χ4v) is 1.97. The molecule has 0 atom stereocenters. The van der Waals surface area contributed by atoms with Crippen molar-refractivity contribution in [1.82, 2.24) is 9.38 Å². The summed E-state index contributed by atoms with van der Waals surface area (Å²) < 4.78 is 1.58. The molecule has 0 saturated carbocycles. The smallest absolute Gasteiger partial charge is 0.311 e. The van der Waals surface area contributed by atoms with Gasteiger partial charge in [-0.15, -0.1) is 0 Å². The van der Waals surface area contributed by atoms with Crippen LogP contribution in [-0.2, 0) is 11.2 Å². The summed E-state index contributed by atoms with van der Waals surface area (Å²) in [5.74, 6) is -0.594. The second-order valence-corrected chi connectivity index (χ2v) is 3.73. The molecule has 2 heterocycles. The summed E-state index contributed by atoms with van der Waals surface area (Å²) >= 11 is 11.8. The van der Waals surface area contributed by atoms with Crippen molar-refractivity contribution in [2.24, 2.45) is 0 Å². The summed E-state index contributed by atoms with van der Waals surface area (Å²) in [5, 5.41) is 9.35. The van der Waals surface area contributed by atoms with E-state index in [9.17, 15) is 4.79 Å². The van der Waals surface area contributed by atoms with Crippen molar-refractivity contribution in [2.75, 3.05) is 0 Å². The average Bonchev–Trinajstić information content (AvgIpc) is 2.44. The molecule has 0 aliphatic heterocycles. The van der Waals surface area contributed by atoms with Crippen molar-refractivity contribution in [3.8, 4) is 0 Å². The van der Waals surface area contributed by atoms with Crippen molar-refractivity contribution in [3.63, 3.8) is 0 Å². The van der Waals surface area contributed by atoms with E-state index < -0.39 is 5.97 Å². The third kappa shape index (κ3) is 1.78. The number of fused-ring (bicyclic) bond motifs is 1. The van der Waals surface area contributed by atoms with Gasteiger partial charge in [-0.1, -0.05) is 23.2 Å². The lowest BCUT2D eigenvalue weighted by atomic mass is 10.4. The lowest BCUT2D eigenvalue weighted by Gasteiger charge is -1.98. The highest BCUT2D eigenvalue weighted by molar-refractivity contribution is 6.39. The Hall–Kier alpha value is -1.26. The molecule has 2 aromatic heterocycles. The van der Waals surface area contributed by atoms with Gasteiger partial charge in [0.05, 0.1) is 5.02 Å². The lowest BCUT2D eigenvalue weighted by Crippen LogP contribution is -2.04. The predicted octanol–water partition coefficient (Wildman–Crippen LogP) is 2.27. The van der Waals surface area contributed by atoms with Crippen molar-refractivity contribution >= 4 is 34.7 Å². The number of rotatable bonds is 2. The molecular formula is C9H6Cl2N2O2. The number of carboxylic acids is 1. The van der Waals surface area contributed by atoms with Crippen LogP contribution in [-0.4, -0.2) is 20.5 Å². The summed E-state index contributed by atoms with van der Waals surface area (Å²) in [6, 6.07) is 3.38. The number of halogens is 2. The van der Waals surface area contributed by atoms with E-state index in [-0.39, 0.29) is 11.6 Å². The topological polar surface area (TPSA) is 54.6 Å². The third-order valence-electron chi connectivity index (χ3n) is 1.95. The molecule has 1 N–H and O–H groups in total. The molecule has 0 bridgehead atoms. The van der Waals surface area contributed by atoms with E-state index in [1.54, 1.807) is 22.7 Å². The number of hydrogen-bond donors (Lipinski definition) is 1. The van der Waals surface area contributed by atoms with E-state index in [1.807, 2.05) is 0 Å². The van der Waals surface area contributed by atoms with Gasteiger partial charge in [0.1, 0.15) is 17.8 Å². The number of pyridine rings is 1. The molecule has 0 spiro atoms. The number of aromatic nitrogens is 2. The molecular weight excluding hydrogens is 239 g/mol. The zero-order valence-electron chi connectivity index (χ0n) is 7.44. The van der Waals surface area contributed by atoms with E-state index >= 15 is 0 Å². The first-order valence-corrected chi connectivity index (χ1v) is 4.88. The van der Waals surface area contributed by atoms with Crippen LogP contribution in [0.3, 0.4) is 0 Å². The van der Waals surface area contributed by atoms with E-state index in [0.29, 0.717) is 16.4 Å². The molecule has 0 radical (unpaired) electrons. The minimum absolute atomic E-state index is 0.186. The van der Waals surface area contributed by atoms with Crippen molar-refractivity contribution in [3.05, 3.63) is 34.3 Å². The maximum atomic E-state index is 10.6. The van der Waals surface area contributed by atoms with Gasteiger partial charge in [-0.2, -0.15) is 0 Å². The van der Waals surface area contributed by atoms with Gasteiger partial charge in [0.25, 0.3) is 0 Å². The molecule has 0 unspecified atom stereocenters. The minimum Gasteiger partial charge on any atom is -0.481 e. The van der Waals surface area contributed by atoms with Gasteiger partial charge in [-0.3, -0.25) is 4.79 Å². The van der Waals surface area contributed by atoms with Crippen molar-refractivity contribution in [2.45, 2.75) is 6.42 Å². The molecule has 78 valence electrons. The third-order valence-corrected chi connectivity index (χ3v) is 2.52. The number of carboxylic acid groups (broad SMARTS) is 1. The molecule has 0 saturated heterocycles. The molecule has 0 amide bonds. The Morgan fingerprint density at radius 1 is 1.53 bits per heavy atom. The highest BCUT2D eigenvalue weighted by Gasteiger charge is 2.13. The fourth-order valence-electron chi connectivity index (χ4n) is 1.38. The maximum absolute atomic E-state index is 10.6. The van der Waals surface area contributed by atoms with E-state index in [4.69, 9.17) is 28.3 Å². The van der Waals surface area contributed by atoms with Crippen LogP contribution in [0.5, 0.6) is 0 Å². The van der Waals surface area contributed by atoms with Crippen LogP contribution < -0.4 is 0 Å². The molecule has 0 fully saturated rings. The Bertz CT molecular complexity index is 536. The molecule has 6 heteroatoms. The zero-order valence-corrected chi connectivity index (χ0v) is 8.96. The molecule has 0 aromatic carbocycles. The quantitative estimate of drug-likeness (QED) is 0.882. The first-order valence-electron chi connectivity index (χ1n) is 4.12. The number of nitrogens with zero attached hydrogens (tertiary/aromatic N) is 2. The van der Waals surface area contributed by atoms with Crippen LogP contribution in [0, 0.1) is 0 Å². The molecule has 2 aromatic rings. The summed E-state index contributed by atoms with van der Waals surface area (Å²) in [5.41, 5.74) is 0.539. The predicted molar refractivity (Wildman–Crippen MR) is 56.6 cm³/mol. The first kappa shape index (κ1) is 10.3. The van der Waals surface area contributed by atoms with Crippen LogP contribution in [0.2, 0.25) is 10.2 Å². The van der Waals surface area contributed by atoms with E-state index in [1.165, 1.54) is 0 Å². The Kier molecular flexibility index (Phi) is 2.54. The fraction of sp³-hybridized carbons (Fsp3) is 0.111.